The molecular formula is C19H30N2O2S. The fourth-order valence-corrected chi connectivity index (χ4v) is 4.50. The molecule has 0 radical (unpaired) electrons. The predicted octanol–water partition coefficient (Wildman–Crippen LogP) is 3.16. The molecule has 1 amide bonds. The largest absolute Gasteiger partial charge is 0.378 e. The molecule has 134 valence electrons. The summed E-state index contributed by atoms with van der Waals surface area (Å²) in [5.41, 5.74) is 1.34. The molecule has 0 aliphatic carbocycles. The van der Waals surface area contributed by atoms with Crippen molar-refractivity contribution in [1.29, 1.82) is 0 Å². The van der Waals surface area contributed by atoms with Gasteiger partial charge in [-0.25, -0.2) is 0 Å². The number of nitrogens with zero attached hydrogens (tertiary/aromatic N) is 2. The van der Waals surface area contributed by atoms with Gasteiger partial charge in [-0.3, -0.25) is 9.69 Å². The van der Waals surface area contributed by atoms with Crippen molar-refractivity contribution in [2.24, 2.45) is 5.92 Å². The van der Waals surface area contributed by atoms with Crippen molar-refractivity contribution in [2.45, 2.75) is 58.7 Å². The van der Waals surface area contributed by atoms with E-state index in [2.05, 4.69) is 37.1 Å². The summed E-state index contributed by atoms with van der Waals surface area (Å²) in [7, 11) is 0. The molecule has 3 heterocycles. The molecule has 3 rings (SSSR count). The SMILES string of the molecule is CC(C)COC1CCN(C(C)C(=O)N2CCc3sccc3C2)CC1. The lowest BCUT2D eigenvalue weighted by molar-refractivity contribution is -0.138. The number of hydrogen-bond acceptors (Lipinski definition) is 4. The molecule has 0 saturated carbocycles. The molecule has 0 spiro atoms. The van der Waals surface area contributed by atoms with Crippen molar-refractivity contribution in [3.8, 4) is 0 Å². The Bertz CT molecular complexity index is 549. The van der Waals surface area contributed by atoms with E-state index >= 15 is 0 Å². The van der Waals surface area contributed by atoms with Gasteiger partial charge in [-0.05, 0) is 49.1 Å². The van der Waals surface area contributed by atoms with Crippen LogP contribution in [0.1, 0.15) is 44.1 Å². The zero-order valence-corrected chi connectivity index (χ0v) is 16.0. The van der Waals surface area contributed by atoms with Gasteiger partial charge in [0.05, 0.1) is 12.1 Å². The van der Waals surface area contributed by atoms with Crippen LogP contribution in [0.3, 0.4) is 0 Å². The summed E-state index contributed by atoms with van der Waals surface area (Å²) < 4.78 is 5.96. The number of hydrogen-bond donors (Lipinski definition) is 0. The van der Waals surface area contributed by atoms with E-state index < -0.39 is 0 Å². The lowest BCUT2D eigenvalue weighted by Gasteiger charge is -2.38. The second-order valence-electron chi connectivity index (χ2n) is 7.52. The second kappa shape index (κ2) is 7.98. The van der Waals surface area contributed by atoms with Crippen molar-refractivity contribution < 1.29 is 9.53 Å². The third kappa shape index (κ3) is 4.19. The fourth-order valence-electron chi connectivity index (χ4n) is 3.62. The maximum atomic E-state index is 12.9. The summed E-state index contributed by atoms with van der Waals surface area (Å²) in [6.07, 6.45) is 3.46. The number of piperidine rings is 1. The summed E-state index contributed by atoms with van der Waals surface area (Å²) in [5.74, 6) is 0.873. The Balaban J connectivity index is 1.48. The summed E-state index contributed by atoms with van der Waals surface area (Å²) in [6, 6.07) is 2.15. The molecule has 1 aromatic heterocycles. The van der Waals surface area contributed by atoms with Gasteiger partial charge in [-0.2, -0.15) is 0 Å². The Labute approximate surface area is 149 Å². The minimum Gasteiger partial charge on any atom is -0.378 e. The summed E-state index contributed by atoms with van der Waals surface area (Å²) in [4.78, 5) is 18.7. The molecular weight excluding hydrogens is 320 g/mol. The maximum absolute atomic E-state index is 12.9. The van der Waals surface area contributed by atoms with Crippen LogP contribution in [-0.2, 0) is 22.5 Å². The van der Waals surface area contributed by atoms with E-state index in [0.29, 0.717) is 12.0 Å². The first-order valence-corrected chi connectivity index (χ1v) is 10.1. The van der Waals surface area contributed by atoms with E-state index in [4.69, 9.17) is 4.74 Å². The van der Waals surface area contributed by atoms with Crippen molar-refractivity contribution >= 4 is 17.2 Å². The number of ether oxygens (including phenoxy) is 1. The first kappa shape index (κ1) is 17.9. The van der Waals surface area contributed by atoms with Gasteiger partial charge in [0, 0.05) is 37.7 Å². The minimum atomic E-state index is -0.0174. The number of likely N-dealkylation sites (tertiary alicyclic amines) is 1. The van der Waals surface area contributed by atoms with Gasteiger partial charge in [0.25, 0.3) is 0 Å². The van der Waals surface area contributed by atoms with Crippen LogP contribution in [0, 0.1) is 5.92 Å². The van der Waals surface area contributed by atoms with E-state index in [9.17, 15) is 4.79 Å². The zero-order chi connectivity index (χ0) is 17.1. The van der Waals surface area contributed by atoms with E-state index in [-0.39, 0.29) is 11.9 Å². The second-order valence-corrected chi connectivity index (χ2v) is 8.52. The number of fused-ring (bicyclic) bond motifs is 1. The Hall–Kier alpha value is -0.910. The van der Waals surface area contributed by atoms with Gasteiger partial charge < -0.3 is 9.64 Å². The lowest BCUT2D eigenvalue weighted by atomic mass is 10.0. The zero-order valence-electron chi connectivity index (χ0n) is 15.2. The summed E-state index contributed by atoms with van der Waals surface area (Å²) in [6.45, 7) is 10.9. The molecule has 1 unspecified atom stereocenters. The summed E-state index contributed by atoms with van der Waals surface area (Å²) in [5, 5.41) is 2.14. The lowest BCUT2D eigenvalue weighted by Crippen LogP contribution is -2.51. The molecule has 1 aromatic rings. The van der Waals surface area contributed by atoms with Crippen molar-refractivity contribution in [2.75, 3.05) is 26.2 Å². The Morgan fingerprint density at radius 2 is 2.04 bits per heavy atom. The van der Waals surface area contributed by atoms with Gasteiger partial charge in [0.2, 0.25) is 5.91 Å². The highest BCUT2D eigenvalue weighted by Crippen LogP contribution is 2.25. The standard InChI is InChI=1S/C19H30N2O2S/c1-14(2)13-23-17-4-8-20(9-5-17)15(3)19(22)21-10-6-18-16(12-21)7-11-24-18/h7,11,14-15,17H,4-6,8-10,12-13H2,1-3H3. The molecule has 1 fully saturated rings. The summed E-state index contributed by atoms with van der Waals surface area (Å²) >= 11 is 1.82. The normalized spacial score (nSPS) is 21.1. The maximum Gasteiger partial charge on any atom is 0.239 e. The van der Waals surface area contributed by atoms with Crippen LogP contribution in [0.25, 0.3) is 0 Å². The van der Waals surface area contributed by atoms with E-state index in [1.54, 1.807) is 0 Å². The van der Waals surface area contributed by atoms with Crippen LogP contribution < -0.4 is 0 Å². The van der Waals surface area contributed by atoms with Crippen molar-refractivity contribution in [3.05, 3.63) is 21.9 Å². The third-order valence-electron chi connectivity index (χ3n) is 5.17. The molecule has 1 atom stereocenters. The highest BCUT2D eigenvalue weighted by atomic mass is 32.1. The Morgan fingerprint density at radius 1 is 1.29 bits per heavy atom. The third-order valence-corrected chi connectivity index (χ3v) is 6.19. The average molecular weight is 351 g/mol. The molecule has 1 saturated heterocycles. The van der Waals surface area contributed by atoms with E-state index in [0.717, 1.165) is 52.0 Å². The van der Waals surface area contributed by atoms with Crippen LogP contribution in [0.5, 0.6) is 0 Å². The molecule has 4 nitrogen and oxygen atoms in total. The quantitative estimate of drug-likeness (QED) is 0.818. The van der Waals surface area contributed by atoms with Crippen LogP contribution in [0.4, 0.5) is 0 Å². The van der Waals surface area contributed by atoms with Crippen LogP contribution in [-0.4, -0.2) is 54.1 Å². The van der Waals surface area contributed by atoms with E-state index in [1.807, 2.05) is 16.2 Å². The molecule has 2 aliphatic heterocycles. The highest BCUT2D eigenvalue weighted by Gasteiger charge is 2.31. The van der Waals surface area contributed by atoms with Crippen LogP contribution >= 0.6 is 11.3 Å². The first-order valence-electron chi connectivity index (χ1n) is 9.24. The van der Waals surface area contributed by atoms with E-state index in [1.165, 1.54) is 10.4 Å². The van der Waals surface area contributed by atoms with Crippen LogP contribution in [0.2, 0.25) is 0 Å². The van der Waals surface area contributed by atoms with Crippen molar-refractivity contribution in [3.63, 3.8) is 0 Å². The van der Waals surface area contributed by atoms with Gasteiger partial charge >= 0.3 is 0 Å². The van der Waals surface area contributed by atoms with Gasteiger partial charge in [-0.15, -0.1) is 11.3 Å². The van der Waals surface area contributed by atoms with Gasteiger partial charge in [0.15, 0.2) is 0 Å². The molecule has 0 aromatic carbocycles. The molecule has 0 N–H and O–H groups in total. The molecule has 5 heteroatoms. The predicted molar refractivity (Wildman–Crippen MR) is 98.3 cm³/mol. The molecule has 2 aliphatic rings. The molecule has 24 heavy (non-hydrogen) atoms. The monoisotopic (exact) mass is 350 g/mol. The topological polar surface area (TPSA) is 32.8 Å². The number of rotatable bonds is 5. The minimum absolute atomic E-state index is 0.0174. The Morgan fingerprint density at radius 3 is 2.75 bits per heavy atom. The van der Waals surface area contributed by atoms with Crippen molar-refractivity contribution in [1.82, 2.24) is 9.80 Å². The average Bonchev–Trinajstić information content (AvgIpc) is 3.06. The smallest absolute Gasteiger partial charge is 0.239 e. The number of thiophene rings is 1. The Kier molecular flexibility index (Phi) is 5.95. The van der Waals surface area contributed by atoms with Gasteiger partial charge in [-0.1, -0.05) is 13.8 Å². The highest BCUT2D eigenvalue weighted by molar-refractivity contribution is 7.10. The number of carbonyl (C=O) groups is 1. The molecule has 0 bridgehead atoms. The number of carbonyl (C=O) groups excluding carboxylic acids is 1. The first-order chi connectivity index (χ1) is 11.5. The fraction of sp³-hybridized carbons (Fsp3) is 0.737. The number of amides is 1. The van der Waals surface area contributed by atoms with Gasteiger partial charge in [0.1, 0.15) is 0 Å². The van der Waals surface area contributed by atoms with Crippen LogP contribution in [0.15, 0.2) is 11.4 Å².